The topological polar surface area (TPSA) is 0 Å². The van der Waals surface area contributed by atoms with Crippen molar-refractivity contribution < 1.29 is 13.2 Å². The van der Waals surface area contributed by atoms with Crippen LogP contribution in [0.2, 0.25) is 0 Å². The first-order valence-electron chi connectivity index (χ1n) is 8.03. The summed E-state index contributed by atoms with van der Waals surface area (Å²) >= 11 is 2.19. The number of hydrogen-bond donors (Lipinski definition) is 0. The fourth-order valence-corrected chi connectivity index (χ4v) is 3.18. The Kier molecular flexibility index (Phi) is 5.47. The van der Waals surface area contributed by atoms with E-state index < -0.39 is 17.5 Å². The van der Waals surface area contributed by atoms with Gasteiger partial charge in [0.1, 0.15) is 17.5 Å². The van der Waals surface area contributed by atoms with E-state index in [9.17, 15) is 13.2 Å². The van der Waals surface area contributed by atoms with Crippen molar-refractivity contribution in [3.8, 4) is 22.3 Å². The molecule has 0 fully saturated rings. The minimum absolute atomic E-state index is 0.0854. The van der Waals surface area contributed by atoms with Crippen LogP contribution in [0.3, 0.4) is 0 Å². The Balaban J connectivity index is 1.99. The number of benzene rings is 3. The SMILES string of the molecule is CCCc1c(F)cc(-c2ccc(-c3ccc(I)cc3)c(F)c2)cc1F. The normalized spacial score (nSPS) is 10.9. The predicted molar refractivity (Wildman–Crippen MR) is 104 cm³/mol. The lowest BCUT2D eigenvalue weighted by molar-refractivity contribution is 0.554. The Morgan fingerprint density at radius 2 is 1.28 bits per heavy atom. The highest BCUT2D eigenvalue weighted by atomic mass is 127. The summed E-state index contributed by atoms with van der Waals surface area (Å²) in [6.07, 6.45) is 1.00. The van der Waals surface area contributed by atoms with Crippen molar-refractivity contribution in [2.24, 2.45) is 0 Å². The molecule has 3 rings (SSSR count). The Morgan fingerprint density at radius 1 is 0.720 bits per heavy atom. The van der Waals surface area contributed by atoms with Crippen LogP contribution in [0.4, 0.5) is 13.2 Å². The fourth-order valence-electron chi connectivity index (χ4n) is 2.82. The van der Waals surface area contributed by atoms with Crippen molar-refractivity contribution in [1.29, 1.82) is 0 Å². The highest BCUT2D eigenvalue weighted by molar-refractivity contribution is 14.1. The van der Waals surface area contributed by atoms with Gasteiger partial charge in [-0.25, -0.2) is 13.2 Å². The molecule has 3 aromatic carbocycles. The molecular weight excluding hydrogens is 436 g/mol. The highest BCUT2D eigenvalue weighted by Gasteiger charge is 2.13. The Bertz CT molecular complexity index is 879. The molecule has 0 N–H and O–H groups in total. The van der Waals surface area contributed by atoms with Crippen LogP contribution in [-0.2, 0) is 6.42 Å². The molecule has 0 aliphatic rings. The fraction of sp³-hybridized carbons (Fsp3) is 0.143. The van der Waals surface area contributed by atoms with Crippen LogP contribution in [0.25, 0.3) is 22.3 Å². The summed E-state index contributed by atoms with van der Waals surface area (Å²) < 4.78 is 43.9. The smallest absolute Gasteiger partial charge is 0.131 e. The average Bonchev–Trinajstić information content (AvgIpc) is 2.59. The molecule has 0 nitrogen and oxygen atoms in total. The molecule has 0 bridgehead atoms. The molecule has 25 heavy (non-hydrogen) atoms. The van der Waals surface area contributed by atoms with Crippen molar-refractivity contribution >= 4 is 22.6 Å². The van der Waals surface area contributed by atoms with Gasteiger partial charge in [0.05, 0.1) is 0 Å². The summed E-state index contributed by atoms with van der Waals surface area (Å²) in [5.41, 5.74) is 2.10. The van der Waals surface area contributed by atoms with Gasteiger partial charge in [0.15, 0.2) is 0 Å². The van der Waals surface area contributed by atoms with Gasteiger partial charge < -0.3 is 0 Å². The summed E-state index contributed by atoms with van der Waals surface area (Å²) in [6.45, 7) is 1.87. The molecule has 0 heterocycles. The zero-order chi connectivity index (χ0) is 18.0. The molecule has 4 heteroatoms. The van der Waals surface area contributed by atoms with Gasteiger partial charge in [-0.3, -0.25) is 0 Å². The largest absolute Gasteiger partial charge is 0.207 e. The zero-order valence-electron chi connectivity index (χ0n) is 13.6. The lowest BCUT2D eigenvalue weighted by atomic mass is 9.97. The second kappa shape index (κ2) is 7.60. The van der Waals surface area contributed by atoms with Crippen molar-refractivity contribution in [2.75, 3.05) is 0 Å². The quantitative estimate of drug-likeness (QED) is 0.374. The lowest BCUT2D eigenvalue weighted by Gasteiger charge is -2.10. The molecule has 0 unspecified atom stereocenters. The van der Waals surface area contributed by atoms with E-state index in [2.05, 4.69) is 22.6 Å². The van der Waals surface area contributed by atoms with E-state index in [1.54, 1.807) is 12.1 Å². The summed E-state index contributed by atoms with van der Waals surface area (Å²) in [6, 6.07) is 14.7. The van der Waals surface area contributed by atoms with Crippen LogP contribution in [0, 0.1) is 21.0 Å². The summed E-state index contributed by atoms with van der Waals surface area (Å²) in [5, 5.41) is 0. The summed E-state index contributed by atoms with van der Waals surface area (Å²) in [5.74, 6) is -1.59. The first-order chi connectivity index (χ1) is 12.0. The van der Waals surface area contributed by atoms with Crippen LogP contribution in [-0.4, -0.2) is 0 Å². The first-order valence-corrected chi connectivity index (χ1v) is 9.11. The third-order valence-corrected chi connectivity index (χ3v) is 4.82. The van der Waals surface area contributed by atoms with Gasteiger partial charge in [-0.1, -0.05) is 37.6 Å². The van der Waals surface area contributed by atoms with Gasteiger partial charge in [-0.05, 0) is 76.0 Å². The van der Waals surface area contributed by atoms with Crippen molar-refractivity contribution in [3.63, 3.8) is 0 Å². The molecular formula is C21H16F3I. The van der Waals surface area contributed by atoms with Crippen molar-refractivity contribution in [3.05, 3.63) is 81.2 Å². The molecule has 0 aliphatic heterocycles. The third kappa shape index (κ3) is 3.89. The Hall–Kier alpha value is -1.82. The monoisotopic (exact) mass is 452 g/mol. The Morgan fingerprint density at radius 3 is 1.84 bits per heavy atom. The van der Waals surface area contributed by atoms with Crippen molar-refractivity contribution in [2.45, 2.75) is 19.8 Å². The van der Waals surface area contributed by atoms with Gasteiger partial charge in [0, 0.05) is 14.7 Å². The van der Waals surface area contributed by atoms with Gasteiger partial charge in [0.2, 0.25) is 0 Å². The molecule has 0 spiro atoms. The van der Waals surface area contributed by atoms with Crippen LogP contribution < -0.4 is 0 Å². The second-order valence-electron chi connectivity index (χ2n) is 5.87. The van der Waals surface area contributed by atoms with Crippen molar-refractivity contribution in [1.82, 2.24) is 0 Å². The summed E-state index contributed by atoms with van der Waals surface area (Å²) in [7, 11) is 0. The van der Waals surface area contributed by atoms with E-state index in [0.29, 0.717) is 29.5 Å². The third-order valence-electron chi connectivity index (χ3n) is 4.10. The van der Waals surface area contributed by atoms with E-state index >= 15 is 0 Å². The second-order valence-corrected chi connectivity index (χ2v) is 7.12. The van der Waals surface area contributed by atoms with E-state index in [0.717, 1.165) is 9.13 Å². The first kappa shape index (κ1) is 18.0. The maximum atomic E-state index is 14.5. The molecule has 0 aromatic heterocycles. The lowest BCUT2D eigenvalue weighted by Crippen LogP contribution is -1.97. The summed E-state index contributed by atoms with van der Waals surface area (Å²) in [4.78, 5) is 0. The van der Waals surface area contributed by atoms with Crippen LogP contribution in [0.15, 0.2) is 54.6 Å². The van der Waals surface area contributed by atoms with E-state index in [1.165, 1.54) is 18.2 Å². The highest BCUT2D eigenvalue weighted by Crippen LogP contribution is 2.30. The maximum absolute atomic E-state index is 14.5. The molecule has 0 saturated carbocycles. The van der Waals surface area contributed by atoms with Gasteiger partial charge in [0.25, 0.3) is 0 Å². The molecule has 0 aliphatic carbocycles. The molecule has 0 saturated heterocycles. The van der Waals surface area contributed by atoms with E-state index in [1.807, 2.05) is 31.2 Å². The number of rotatable bonds is 4. The molecule has 128 valence electrons. The predicted octanol–water partition coefficient (Wildman–Crippen LogP) is 7.00. The minimum Gasteiger partial charge on any atom is -0.207 e. The van der Waals surface area contributed by atoms with Gasteiger partial charge >= 0.3 is 0 Å². The van der Waals surface area contributed by atoms with E-state index in [4.69, 9.17) is 0 Å². The van der Waals surface area contributed by atoms with E-state index in [-0.39, 0.29) is 5.56 Å². The van der Waals surface area contributed by atoms with Gasteiger partial charge in [-0.2, -0.15) is 0 Å². The van der Waals surface area contributed by atoms with Gasteiger partial charge in [-0.15, -0.1) is 0 Å². The van der Waals surface area contributed by atoms with Crippen LogP contribution >= 0.6 is 22.6 Å². The number of hydrogen-bond acceptors (Lipinski definition) is 0. The maximum Gasteiger partial charge on any atom is 0.131 e. The molecule has 0 atom stereocenters. The number of halogens is 4. The molecule has 0 radical (unpaired) electrons. The van der Waals surface area contributed by atoms with Crippen LogP contribution in [0.5, 0.6) is 0 Å². The molecule has 0 amide bonds. The van der Waals surface area contributed by atoms with Crippen LogP contribution in [0.1, 0.15) is 18.9 Å². The average molecular weight is 452 g/mol. The zero-order valence-corrected chi connectivity index (χ0v) is 15.8. The molecule has 3 aromatic rings. The minimum atomic E-state index is -0.584. The standard InChI is InChI=1S/C21H16F3I/c1-2-3-18-20(23)11-15(12-21(18)24)14-6-9-17(19(22)10-14)13-4-7-16(25)8-5-13/h4-12H,2-3H2,1H3. The Labute approximate surface area is 158 Å².